The van der Waals surface area contributed by atoms with Crippen LogP contribution in [0.15, 0.2) is 48.5 Å². The van der Waals surface area contributed by atoms with E-state index in [9.17, 15) is 4.79 Å². The number of hydrogen-bond donors (Lipinski definition) is 1. The van der Waals surface area contributed by atoms with Gasteiger partial charge in [0.2, 0.25) is 0 Å². The summed E-state index contributed by atoms with van der Waals surface area (Å²) in [6.07, 6.45) is 0.887. The summed E-state index contributed by atoms with van der Waals surface area (Å²) < 4.78 is 5.79. The van der Waals surface area contributed by atoms with E-state index in [2.05, 4.69) is 19.2 Å². The average molecular weight is 338 g/mol. The molecule has 2 aromatic rings. The number of nitrogens with zero attached hydrogens (tertiary/aromatic N) is 1. The molecule has 0 fully saturated rings. The van der Waals surface area contributed by atoms with Gasteiger partial charge in [-0.1, -0.05) is 38.1 Å². The monoisotopic (exact) mass is 338 g/mol. The number of fused-ring (bicyclic) bond motifs is 1. The van der Waals surface area contributed by atoms with Crippen molar-refractivity contribution in [2.45, 2.75) is 33.4 Å². The Hall–Kier alpha value is -2.49. The second-order valence-electron chi connectivity index (χ2n) is 6.78. The maximum absolute atomic E-state index is 12.8. The van der Waals surface area contributed by atoms with E-state index in [0.717, 1.165) is 35.6 Å². The average Bonchev–Trinajstić information content (AvgIpc) is 2.62. The SMILES string of the molecule is CCN1C(=O)c2ccccc2NC1c1ccc(OCCC(C)C)cc1. The Morgan fingerprint density at radius 1 is 1.12 bits per heavy atom. The van der Waals surface area contributed by atoms with E-state index in [1.165, 1.54) is 0 Å². The van der Waals surface area contributed by atoms with E-state index < -0.39 is 0 Å². The largest absolute Gasteiger partial charge is 0.494 e. The van der Waals surface area contributed by atoms with Crippen molar-refractivity contribution in [1.82, 2.24) is 4.90 Å². The van der Waals surface area contributed by atoms with Gasteiger partial charge in [-0.2, -0.15) is 0 Å². The van der Waals surface area contributed by atoms with Gasteiger partial charge in [-0.05, 0) is 49.1 Å². The number of carbonyl (C=O) groups excluding carboxylic acids is 1. The number of carbonyl (C=O) groups is 1. The van der Waals surface area contributed by atoms with Gasteiger partial charge in [0, 0.05) is 12.2 Å². The van der Waals surface area contributed by atoms with E-state index >= 15 is 0 Å². The molecule has 4 nitrogen and oxygen atoms in total. The zero-order valence-electron chi connectivity index (χ0n) is 15.2. The number of para-hydroxylation sites is 1. The van der Waals surface area contributed by atoms with E-state index in [4.69, 9.17) is 4.74 Å². The lowest BCUT2D eigenvalue weighted by Gasteiger charge is -2.37. The fraction of sp³-hybridized carbons (Fsp3) is 0.381. The summed E-state index contributed by atoms with van der Waals surface area (Å²) in [4.78, 5) is 14.6. The molecular formula is C21H26N2O2. The molecule has 0 radical (unpaired) electrons. The molecule has 132 valence electrons. The van der Waals surface area contributed by atoms with Crippen LogP contribution in [0.3, 0.4) is 0 Å². The van der Waals surface area contributed by atoms with Crippen molar-refractivity contribution in [3.63, 3.8) is 0 Å². The number of nitrogens with one attached hydrogen (secondary N) is 1. The summed E-state index contributed by atoms with van der Waals surface area (Å²) in [5, 5.41) is 3.49. The van der Waals surface area contributed by atoms with Gasteiger partial charge >= 0.3 is 0 Å². The van der Waals surface area contributed by atoms with Crippen molar-refractivity contribution in [1.29, 1.82) is 0 Å². The third-order valence-corrected chi connectivity index (χ3v) is 4.52. The van der Waals surface area contributed by atoms with Crippen LogP contribution in [-0.4, -0.2) is 24.0 Å². The third-order valence-electron chi connectivity index (χ3n) is 4.52. The highest BCUT2D eigenvalue weighted by molar-refractivity contribution is 6.01. The summed E-state index contributed by atoms with van der Waals surface area (Å²) in [5.74, 6) is 1.57. The van der Waals surface area contributed by atoms with E-state index in [0.29, 0.717) is 12.5 Å². The predicted octanol–water partition coefficient (Wildman–Crippen LogP) is 4.70. The topological polar surface area (TPSA) is 41.6 Å². The Morgan fingerprint density at radius 2 is 1.84 bits per heavy atom. The maximum Gasteiger partial charge on any atom is 0.257 e. The first-order valence-corrected chi connectivity index (χ1v) is 8.99. The van der Waals surface area contributed by atoms with Gasteiger partial charge in [-0.15, -0.1) is 0 Å². The minimum Gasteiger partial charge on any atom is -0.494 e. The molecule has 2 aromatic carbocycles. The van der Waals surface area contributed by atoms with Crippen molar-refractivity contribution < 1.29 is 9.53 Å². The fourth-order valence-corrected chi connectivity index (χ4v) is 3.04. The van der Waals surface area contributed by atoms with Gasteiger partial charge < -0.3 is 15.0 Å². The minimum absolute atomic E-state index is 0.0686. The number of hydrogen-bond acceptors (Lipinski definition) is 3. The summed E-state index contributed by atoms with van der Waals surface area (Å²) in [7, 11) is 0. The summed E-state index contributed by atoms with van der Waals surface area (Å²) in [5.41, 5.74) is 2.68. The number of amides is 1. The lowest BCUT2D eigenvalue weighted by atomic mass is 10.0. The first kappa shape index (κ1) is 17.3. The van der Waals surface area contributed by atoms with Gasteiger partial charge in [0.15, 0.2) is 0 Å². The molecule has 1 heterocycles. The molecule has 1 unspecified atom stereocenters. The molecule has 25 heavy (non-hydrogen) atoms. The van der Waals surface area contributed by atoms with Crippen molar-refractivity contribution in [3.8, 4) is 5.75 Å². The quantitative estimate of drug-likeness (QED) is 0.830. The molecule has 0 saturated heterocycles. The van der Waals surface area contributed by atoms with Crippen LogP contribution >= 0.6 is 0 Å². The zero-order valence-corrected chi connectivity index (χ0v) is 15.2. The molecule has 0 saturated carbocycles. The van der Waals surface area contributed by atoms with Crippen LogP contribution in [0.1, 0.15) is 49.3 Å². The van der Waals surface area contributed by atoms with Crippen molar-refractivity contribution in [3.05, 3.63) is 59.7 Å². The molecular weight excluding hydrogens is 312 g/mol. The fourth-order valence-electron chi connectivity index (χ4n) is 3.04. The highest BCUT2D eigenvalue weighted by Crippen LogP contribution is 2.33. The molecule has 4 heteroatoms. The number of benzene rings is 2. The summed E-state index contributed by atoms with van der Waals surface area (Å²) in [6, 6.07) is 15.7. The van der Waals surface area contributed by atoms with Crippen LogP contribution in [0.5, 0.6) is 5.75 Å². The zero-order chi connectivity index (χ0) is 17.8. The maximum atomic E-state index is 12.8. The highest BCUT2D eigenvalue weighted by atomic mass is 16.5. The number of ether oxygens (including phenoxy) is 1. The third kappa shape index (κ3) is 3.78. The van der Waals surface area contributed by atoms with Crippen LogP contribution in [0.2, 0.25) is 0 Å². The Kier molecular flexibility index (Phi) is 5.27. The second-order valence-corrected chi connectivity index (χ2v) is 6.78. The van der Waals surface area contributed by atoms with E-state index in [1.54, 1.807) is 0 Å². The molecule has 3 rings (SSSR count). The Morgan fingerprint density at radius 3 is 2.52 bits per heavy atom. The lowest BCUT2D eigenvalue weighted by molar-refractivity contribution is 0.0695. The van der Waals surface area contributed by atoms with Crippen LogP contribution in [-0.2, 0) is 0 Å². The van der Waals surface area contributed by atoms with Gasteiger partial charge in [-0.3, -0.25) is 4.79 Å². The van der Waals surface area contributed by atoms with Crippen molar-refractivity contribution in [2.75, 3.05) is 18.5 Å². The second kappa shape index (κ2) is 7.60. The molecule has 1 atom stereocenters. The first-order valence-electron chi connectivity index (χ1n) is 8.99. The number of rotatable bonds is 6. The number of anilines is 1. The minimum atomic E-state index is -0.155. The molecule has 0 spiro atoms. The highest BCUT2D eigenvalue weighted by Gasteiger charge is 2.31. The van der Waals surface area contributed by atoms with Gasteiger partial charge in [0.25, 0.3) is 5.91 Å². The predicted molar refractivity (Wildman–Crippen MR) is 101 cm³/mol. The molecule has 1 aliphatic rings. The van der Waals surface area contributed by atoms with Gasteiger partial charge in [-0.25, -0.2) is 0 Å². The van der Waals surface area contributed by atoms with Gasteiger partial charge in [0.1, 0.15) is 11.9 Å². The molecule has 1 aliphatic heterocycles. The van der Waals surface area contributed by atoms with E-state index in [1.807, 2.05) is 60.4 Å². The molecule has 0 bridgehead atoms. The Bertz CT molecular complexity index is 725. The summed E-state index contributed by atoms with van der Waals surface area (Å²) >= 11 is 0. The molecule has 0 aromatic heterocycles. The van der Waals surface area contributed by atoms with Gasteiger partial charge in [0.05, 0.1) is 12.2 Å². The van der Waals surface area contributed by atoms with Crippen molar-refractivity contribution >= 4 is 11.6 Å². The van der Waals surface area contributed by atoms with Crippen LogP contribution in [0, 0.1) is 5.92 Å². The molecule has 1 N–H and O–H groups in total. The molecule has 1 amide bonds. The van der Waals surface area contributed by atoms with Crippen molar-refractivity contribution in [2.24, 2.45) is 5.92 Å². The standard InChI is InChI=1S/C21H26N2O2/c1-4-23-20(22-19-8-6-5-7-18(19)21(23)24)16-9-11-17(12-10-16)25-14-13-15(2)3/h5-12,15,20,22H,4,13-14H2,1-3H3. The summed E-state index contributed by atoms with van der Waals surface area (Å²) in [6.45, 7) is 7.76. The van der Waals surface area contributed by atoms with Crippen LogP contribution in [0.25, 0.3) is 0 Å². The normalized spacial score (nSPS) is 16.6. The van der Waals surface area contributed by atoms with E-state index in [-0.39, 0.29) is 12.1 Å². The smallest absolute Gasteiger partial charge is 0.257 e. The van der Waals surface area contributed by atoms with Crippen LogP contribution < -0.4 is 10.1 Å². The lowest BCUT2D eigenvalue weighted by Crippen LogP contribution is -2.42. The van der Waals surface area contributed by atoms with Crippen LogP contribution in [0.4, 0.5) is 5.69 Å². The first-order chi connectivity index (χ1) is 12.1. The Labute approximate surface area is 149 Å². The Balaban J connectivity index is 1.77. The molecule has 0 aliphatic carbocycles.